The number of hydrogen-bond acceptors (Lipinski definition) is 6. The second-order valence-corrected chi connectivity index (χ2v) is 4.73. The minimum absolute atomic E-state index is 0.0606. The molecule has 6 heteroatoms. The molecule has 0 bridgehead atoms. The highest BCUT2D eigenvalue weighted by molar-refractivity contribution is 5.92. The molecule has 0 heterocycles. The highest BCUT2D eigenvalue weighted by atomic mass is 16.5. The Hall–Kier alpha value is -2.11. The first-order chi connectivity index (χ1) is 8.84. The fraction of sp³-hybridized carbons (Fsp3) is 0.462. The van der Waals surface area contributed by atoms with Crippen molar-refractivity contribution >= 4 is 12.0 Å². The van der Waals surface area contributed by atoms with Crippen molar-refractivity contribution in [3.8, 4) is 23.0 Å². The minimum Gasteiger partial charge on any atom is -0.505 e. The molecule has 0 saturated carbocycles. The predicted molar refractivity (Wildman–Crippen MR) is 71.5 cm³/mol. The van der Waals surface area contributed by atoms with E-state index in [9.17, 15) is 20.1 Å². The summed E-state index contributed by atoms with van der Waals surface area (Å²) in [6.07, 6.45) is 0.319. The molecule has 19 heavy (non-hydrogen) atoms. The van der Waals surface area contributed by atoms with Crippen LogP contribution in [0.25, 0.3) is 0 Å². The Balaban J connectivity index is 3.50. The number of aromatic hydroxyl groups is 3. The Kier molecular flexibility index (Phi) is 4.47. The smallest absolute Gasteiger partial charge is 0.206 e. The number of methoxy groups -OCH3 is 1. The van der Waals surface area contributed by atoms with Gasteiger partial charge in [0, 0.05) is 13.6 Å². The van der Waals surface area contributed by atoms with Crippen LogP contribution in [0, 0.1) is 5.92 Å². The average Bonchev–Trinajstić information content (AvgIpc) is 2.28. The summed E-state index contributed by atoms with van der Waals surface area (Å²) < 4.78 is 4.87. The number of carbonyl (C=O) groups excluding carboxylic acids is 1. The number of benzene rings is 1. The maximum absolute atomic E-state index is 10.9. The maximum atomic E-state index is 10.9. The van der Waals surface area contributed by atoms with Crippen molar-refractivity contribution < 1.29 is 24.9 Å². The van der Waals surface area contributed by atoms with Gasteiger partial charge in [-0.15, -0.1) is 0 Å². The summed E-state index contributed by atoms with van der Waals surface area (Å²) in [5, 5.41) is 29.8. The van der Waals surface area contributed by atoms with Gasteiger partial charge in [0.2, 0.25) is 5.75 Å². The van der Waals surface area contributed by atoms with Crippen LogP contribution in [-0.4, -0.2) is 42.3 Å². The second-order valence-electron chi connectivity index (χ2n) is 4.73. The maximum Gasteiger partial charge on any atom is 0.206 e. The fourth-order valence-corrected chi connectivity index (χ4v) is 2.00. The molecular formula is C13H19NO5. The molecule has 0 unspecified atom stereocenters. The van der Waals surface area contributed by atoms with E-state index < -0.39 is 17.2 Å². The third-order valence-electron chi connectivity index (χ3n) is 2.73. The molecule has 106 valence electrons. The summed E-state index contributed by atoms with van der Waals surface area (Å²) >= 11 is 0. The largest absolute Gasteiger partial charge is 0.505 e. The summed E-state index contributed by atoms with van der Waals surface area (Å²) in [5.74, 6) is -1.39. The van der Waals surface area contributed by atoms with Crippen LogP contribution in [0.2, 0.25) is 0 Å². The monoisotopic (exact) mass is 269 g/mol. The third kappa shape index (κ3) is 2.67. The van der Waals surface area contributed by atoms with Crippen molar-refractivity contribution in [1.82, 2.24) is 0 Å². The lowest BCUT2D eigenvalue weighted by Gasteiger charge is -2.25. The van der Waals surface area contributed by atoms with E-state index >= 15 is 0 Å². The van der Waals surface area contributed by atoms with Crippen LogP contribution in [0.15, 0.2) is 0 Å². The fourth-order valence-electron chi connectivity index (χ4n) is 2.00. The lowest BCUT2D eigenvalue weighted by molar-refractivity contribution is 0.111. The molecule has 3 N–H and O–H groups in total. The van der Waals surface area contributed by atoms with Crippen LogP contribution in [0.5, 0.6) is 23.0 Å². The zero-order valence-electron chi connectivity index (χ0n) is 11.5. The van der Waals surface area contributed by atoms with Crippen LogP contribution >= 0.6 is 0 Å². The number of rotatable bonds is 5. The van der Waals surface area contributed by atoms with Gasteiger partial charge >= 0.3 is 0 Å². The molecule has 0 amide bonds. The normalized spacial score (nSPS) is 10.6. The van der Waals surface area contributed by atoms with Gasteiger partial charge in [0.25, 0.3) is 0 Å². The van der Waals surface area contributed by atoms with E-state index in [1.54, 1.807) is 11.9 Å². The van der Waals surface area contributed by atoms with Gasteiger partial charge < -0.3 is 25.0 Å². The molecule has 0 aliphatic carbocycles. The van der Waals surface area contributed by atoms with Crippen molar-refractivity contribution in [2.45, 2.75) is 13.8 Å². The van der Waals surface area contributed by atoms with E-state index in [0.717, 1.165) is 0 Å². The molecule has 0 spiro atoms. The van der Waals surface area contributed by atoms with Crippen LogP contribution in [0.1, 0.15) is 24.2 Å². The van der Waals surface area contributed by atoms with E-state index in [1.807, 2.05) is 13.8 Å². The van der Waals surface area contributed by atoms with E-state index in [-0.39, 0.29) is 22.9 Å². The van der Waals surface area contributed by atoms with Gasteiger partial charge in [-0.2, -0.15) is 0 Å². The van der Waals surface area contributed by atoms with Crippen molar-refractivity contribution in [1.29, 1.82) is 0 Å². The highest BCUT2D eigenvalue weighted by Crippen LogP contribution is 2.51. The molecule has 0 aliphatic rings. The van der Waals surface area contributed by atoms with Gasteiger partial charge in [-0.05, 0) is 5.92 Å². The molecule has 0 radical (unpaired) electrons. The van der Waals surface area contributed by atoms with Crippen LogP contribution in [-0.2, 0) is 0 Å². The van der Waals surface area contributed by atoms with E-state index in [0.29, 0.717) is 12.8 Å². The molecule has 0 saturated heterocycles. The Morgan fingerprint density at radius 3 is 2.21 bits per heavy atom. The Labute approximate surface area is 111 Å². The lowest BCUT2D eigenvalue weighted by Crippen LogP contribution is -2.23. The Bertz CT molecular complexity index is 485. The summed E-state index contributed by atoms with van der Waals surface area (Å²) in [4.78, 5) is 12.6. The zero-order chi connectivity index (χ0) is 14.7. The first kappa shape index (κ1) is 14.9. The van der Waals surface area contributed by atoms with Crippen LogP contribution in [0.3, 0.4) is 0 Å². The molecule has 1 rings (SSSR count). The van der Waals surface area contributed by atoms with Gasteiger partial charge in [-0.25, -0.2) is 0 Å². The molecule has 0 aromatic heterocycles. The van der Waals surface area contributed by atoms with E-state index in [4.69, 9.17) is 4.74 Å². The standard InChI is InChI=1S/C13H19NO5/c1-7(2)5-14(3)9-10(16)8(6-15)11(17)13(19-4)12(9)18/h6-7,16-18H,5H2,1-4H3. The van der Waals surface area contributed by atoms with Gasteiger partial charge in [0.05, 0.1) is 7.11 Å². The van der Waals surface area contributed by atoms with E-state index in [1.165, 1.54) is 7.11 Å². The number of carbonyl (C=O) groups is 1. The first-order valence-electron chi connectivity index (χ1n) is 5.86. The van der Waals surface area contributed by atoms with E-state index in [2.05, 4.69) is 0 Å². The number of ether oxygens (including phenoxy) is 1. The molecule has 0 fully saturated rings. The SMILES string of the molecule is COc1c(O)c(C=O)c(O)c(N(C)CC(C)C)c1O. The number of phenolic OH excluding ortho intramolecular Hbond substituents is 3. The van der Waals surface area contributed by atoms with Gasteiger partial charge in [-0.3, -0.25) is 4.79 Å². The van der Waals surface area contributed by atoms with Gasteiger partial charge in [0.15, 0.2) is 23.5 Å². The molecule has 0 aliphatic heterocycles. The number of phenols is 3. The molecule has 6 nitrogen and oxygen atoms in total. The van der Waals surface area contributed by atoms with Crippen LogP contribution in [0.4, 0.5) is 5.69 Å². The zero-order valence-corrected chi connectivity index (χ0v) is 11.5. The number of anilines is 1. The topological polar surface area (TPSA) is 90.2 Å². The predicted octanol–water partition coefficient (Wildman–Crippen LogP) is 1.72. The van der Waals surface area contributed by atoms with Crippen molar-refractivity contribution in [3.05, 3.63) is 5.56 Å². The number of aldehydes is 1. The summed E-state index contributed by atoms with van der Waals surface area (Å²) in [7, 11) is 2.92. The van der Waals surface area contributed by atoms with Gasteiger partial charge in [-0.1, -0.05) is 13.8 Å². The third-order valence-corrected chi connectivity index (χ3v) is 2.73. The van der Waals surface area contributed by atoms with Crippen molar-refractivity contribution in [3.63, 3.8) is 0 Å². The summed E-state index contributed by atoms with van der Waals surface area (Å²) in [6.45, 7) is 4.50. The highest BCUT2D eigenvalue weighted by Gasteiger charge is 2.26. The molecule has 1 aromatic carbocycles. The van der Waals surface area contributed by atoms with Gasteiger partial charge in [0.1, 0.15) is 11.3 Å². The summed E-state index contributed by atoms with van der Waals surface area (Å²) in [6, 6.07) is 0. The minimum atomic E-state index is -0.575. The van der Waals surface area contributed by atoms with Crippen molar-refractivity contribution in [2.75, 3.05) is 25.6 Å². The second kappa shape index (κ2) is 5.69. The molecule has 1 aromatic rings. The Morgan fingerprint density at radius 2 is 1.79 bits per heavy atom. The van der Waals surface area contributed by atoms with Crippen molar-refractivity contribution in [2.24, 2.45) is 5.92 Å². The molecule has 0 atom stereocenters. The molecular weight excluding hydrogens is 250 g/mol. The number of nitrogens with zero attached hydrogens (tertiary/aromatic N) is 1. The van der Waals surface area contributed by atoms with Crippen LogP contribution < -0.4 is 9.64 Å². The number of hydrogen-bond donors (Lipinski definition) is 3. The Morgan fingerprint density at radius 1 is 1.21 bits per heavy atom. The summed E-state index contributed by atoms with van der Waals surface area (Å²) in [5.41, 5.74) is -0.245. The lowest BCUT2D eigenvalue weighted by atomic mass is 10.1. The average molecular weight is 269 g/mol. The first-order valence-corrected chi connectivity index (χ1v) is 5.86. The quantitative estimate of drug-likeness (QED) is 0.705.